The number of halogens is 2. The van der Waals surface area contributed by atoms with Crippen molar-refractivity contribution in [2.24, 2.45) is 4.99 Å². The lowest BCUT2D eigenvalue weighted by Crippen LogP contribution is -2.32. The highest BCUT2D eigenvalue weighted by molar-refractivity contribution is 9.10. The lowest BCUT2D eigenvalue weighted by molar-refractivity contribution is 0.254. The van der Waals surface area contributed by atoms with Gasteiger partial charge in [-0.15, -0.1) is 0 Å². The van der Waals surface area contributed by atoms with E-state index >= 15 is 0 Å². The fourth-order valence-electron chi connectivity index (χ4n) is 2.17. The maximum Gasteiger partial charge on any atom is 0.235 e. The molecular weight excluding hydrogens is 289 g/mol. The van der Waals surface area contributed by atoms with E-state index in [2.05, 4.69) is 20.9 Å². The van der Waals surface area contributed by atoms with Gasteiger partial charge in [0.25, 0.3) is 0 Å². The molecule has 2 nitrogen and oxygen atoms in total. The molecule has 1 aromatic carbocycles. The molecule has 2 rings (SSSR count). The zero-order valence-corrected chi connectivity index (χ0v) is 11.2. The van der Waals surface area contributed by atoms with Gasteiger partial charge >= 0.3 is 0 Å². The van der Waals surface area contributed by atoms with Crippen LogP contribution < -0.4 is 0 Å². The first-order chi connectivity index (χ1) is 7.59. The van der Waals surface area contributed by atoms with Gasteiger partial charge in [-0.2, -0.15) is 4.99 Å². The van der Waals surface area contributed by atoms with Gasteiger partial charge in [0.15, 0.2) is 0 Å². The maximum atomic E-state index is 10.5. The molecule has 1 saturated carbocycles. The quantitative estimate of drug-likeness (QED) is 0.596. The van der Waals surface area contributed by atoms with E-state index in [0.29, 0.717) is 5.02 Å². The molecule has 0 N–H and O–H groups in total. The molecule has 4 heteroatoms. The molecule has 1 aromatic rings. The fourth-order valence-corrected chi connectivity index (χ4v) is 2.98. The van der Waals surface area contributed by atoms with Crippen molar-refractivity contribution in [2.75, 3.05) is 0 Å². The van der Waals surface area contributed by atoms with E-state index in [9.17, 15) is 4.79 Å². The summed E-state index contributed by atoms with van der Waals surface area (Å²) in [5, 5.41) is 0.705. The standard InChI is InChI=1S/C12H11BrClNO/c1-8-10(5-9(13)6-11(8)14)12(15-7-16)3-2-4-12/h5-6H,2-4H2,1H3. The summed E-state index contributed by atoms with van der Waals surface area (Å²) in [4.78, 5) is 14.5. The Kier molecular flexibility index (Phi) is 3.20. The highest BCUT2D eigenvalue weighted by atomic mass is 79.9. The molecule has 1 aliphatic carbocycles. The van der Waals surface area contributed by atoms with Crippen LogP contribution in [0.1, 0.15) is 30.4 Å². The molecule has 1 fully saturated rings. The molecule has 0 spiro atoms. The van der Waals surface area contributed by atoms with Crippen molar-refractivity contribution in [3.8, 4) is 0 Å². The van der Waals surface area contributed by atoms with Crippen molar-refractivity contribution >= 4 is 33.6 Å². The van der Waals surface area contributed by atoms with Crippen LogP contribution in [0.5, 0.6) is 0 Å². The third kappa shape index (κ3) is 1.84. The Morgan fingerprint density at radius 1 is 1.50 bits per heavy atom. The van der Waals surface area contributed by atoms with Crippen molar-refractivity contribution in [1.82, 2.24) is 0 Å². The Balaban J connectivity index is 2.58. The summed E-state index contributed by atoms with van der Waals surface area (Å²) >= 11 is 9.56. The average molecular weight is 301 g/mol. The van der Waals surface area contributed by atoms with E-state index in [1.54, 1.807) is 6.08 Å². The average Bonchev–Trinajstić information content (AvgIpc) is 2.17. The molecule has 16 heavy (non-hydrogen) atoms. The largest absolute Gasteiger partial charge is 0.235 e. The van der Waals surface area contributed by atoms with E-state index in [0.717, 1.165) is 34.9 Å². The van der Waals surface area contributed by atoms with Crippen molar-refractivity contribution in [2.45, 2.75) is 31.7 Å². The van der Waals surface area contributed by atoms with Crippen LogP contribution in [0.3, 0.4) is 0 Å². The minimum atomic E-state index is -0.376. The first-order valence-electron chi connectivity index (χ1n) is 5.14. The summed E-state index contributed by atoms with van der Waals surface area (Å²) in [6, 6.07) is 3.86. The topological polar surface area (TPSA) is 29.4 Å². The van der Waals surface area contributed by atoms with E-state index in [1.165, 1.54) is 0 Å². The summed E-state index contributed by atoms with van der Waals surface area (Å²) in [7, 11) is 0. The van der Waals surface area contributed by atoms with Gasteiger partial charge in [-0.05, 0) is 49.4 Å². The SMILES string of the molecule is Cc1c(Cl)cc(Br)cc1C1(N=C=O)CCC1. The highest BCUT2D eigenvalue weighted by Gasteiger charge is 2.40. The number of benzene rings is 1. The van der Waals surface area contributed by atoms with Gasteiger partial charge in [-0.3, -0.25) is 0 Å². The zero-order valence-electron chi connectivity index (χ0n) is 8.89. The molecule has 1 aliphatic rings. The highest BCUT2D eigenvalue weighted by Crippen LogP contribution is 2.47. The van der Waals surface area contributed by atoms with Crippen LogP contribution in [0, 0.1) is 6.92 Å². The maximum absolute atomic E-state index is 10.5. The first kappa shape index (κ1) is 11.8. The van der Waals surface area contributed by atoms with Crippen LogP contribution in [0.25, 0.3) is 0 Å². The number of nitrogens with zero attached hydrogens (tertiary/aromatic N) is 1. The van der Waals surface area contributed by atoms with Gasteiger partial charge in [0.2, 0.25) is 6.08 Å². The van der Waals surface area contributed by atoms with Gasteiger partial charge in [-0.1, -0.05) is 27.5 Å². The summed E-state index contributed by atoms with van der Waals surface area (Å²) in [6.07, 6.45) is 4.58. The second kappa shape index (κ2) is 4.33. The molecule has 0 atom stereocenters. The van der Waals surface area contributed by atoms with Gasteiger partial charge in [0.05, 0.1) is 5.54 Å². The minimum Gasteiger partial charge on any atom is -0.211 e. The van der Waals surface area contributed by atoms with Crippen LogP contribution in [0.2, 0.25) is 5.02 Å². The first-order valence-corrected chi connectivity index (χ1v) is 6.31. The van der Waals surface area contributed by atoms with Crippen molar-refractivity contribution in [1.29, 1.82) is 0 Å². The second-order valence-corrected chi connectivity index (χ2v) is 5.47. The smallest absolute Gasteiger partial charge is 0.211 e. The van der Waals surface area contributed by atoms with Crippen LogP contribution in [-0.2, 0) is 10.3 Å². The molecule has 0 heterocycles. The third-order valence-corrected chi connectivity index (χ3v) is 4.10. The lowest BCUT2D eigenvalue weighted by atomic mass is 9.71. The summed E-state index contributed by atoms with van der Waals surface area (Å²) in [5.74, 6) is 0. The number of hydrogen-bond donors (Lipinski definition) is 0. The zero-order chi connectivity index (χ0) is 11.8. The predicted octanol–water partition coefficient (Wildman–Crippen LogP) is 4.13. The summed E-state index contributed by atoms with van der Waals surface area (Å²) in [6.45, 7) is 1.96. The fraction of sp³-hybridized carbons (Fsp3) is 0.417. The Morgan fingerprint density at radius 3 is 2.69 bits per heavy atom. The van der Waals surface area contributed by atoms with E-state index in [-0.39, 0.29) is 5.54 Å². The monoisotopic (exact) mass is 299 g/mol. The molecule has 0 saturated heterocycles. The molecule has 0 bridgehead atoms. The van der Waals surface area contributed by atoms with Crippen LogP contribution in [-0.4, -0.2) is 6.08 Å². The summed E-state index contributed by atoms with van der Waals surface area (Å²) < 4.78 is 0.922. The van der Waals surface area contributed by atoms with Crippen LogP contribution >= 0.6 is 27.5 Å². The number of aliphatic imine (C=N–C) groups is 1. The second-order valence-electron chi connectivity index (χ2n) is 4.15. The number of rotatable bonds is 2. The van der Waals surface area contributed by atoms with Crippen molar-refractivity contribution < 1.29 is 4.79 Å². The minimum absolute atomic E-state index is 0.376. The number of hydrogen-bond acceptors (Lipinski definition) is 2. The molecule has 0 radical (unpaired) electrons. The molecule has 0 amide bonds. The Bertz CT molecular complexity index is 476. The summed E-state index contributed by atoms with van der Waals surface area (Å²) in [5.41, 5.74) is 1.67. The number of isocyanates is 1. The lowest BCUT2D eigenvalue weighted by Gasteiger charge is -2.38. The Morgan fingerprint density at radius 2 is 2.19 bits per heavy atom. The van der Waals surface area contributed by atoms with Crippen molar-refractivity contribution in [3.05, 3.63) is 32.8 Å². The van der Waals surface area contributed by atoms with E-state index in [4.69, 9.17) is 11.6 Å². The van der Waals surface area contributed by atoms with Gasteiger partial charge in [0, 0.05) is 9.50 Å². The molecule has 0 aromatic heterocycles. The molecule has 0 aliphatic heterocycles. The normalized spacial score (nSPS) is 17.4. The van der Waals surface area contributed by atoms with Gasteiger partial charge in [-0.25, -0.2) is 4.79 Å². The molecular formula is C12H11BrClNO. The molecule has 84 valence electrons. The predicted molar refractivity (Wildman–Crippen MR) is 67.5 cm³/mol. The Hall–Kier alpha value is -0.630. The van der Waals surface area contributed by atoms with Gasteiger partial charge < -0.3 is 0 Å². The molecule has 0 unspecified atom stereocenters. The van der Waals surface area contributed by atoms with E-state index < -0.39 is 0 Å². The third-order valence-electron chi connectivity index (χ3n) is 3.25. The van der Waals surface area contributed by atoms with Crippen LogP contribution in [0.15, 0.2) is 21.6 Å². The number of carbonyl (C=O) groups excluding carboxylic acids is 1. The van der Waals surface area contributed by atoms with Crippen molar-refractivity contribution in [3.63, 3.8) is 0 Å². The van der Waals surface area contributed by atoms with Crippen LogP contribution in [0.4, 0.5) is 0 Å². The Labute approximate surface area is 108 Å². The van der Waals surface area contributed by atoms with Gasteiger partial charge in [0.1, 0.15) is 0 Å². The van der Waals surface area contributed by atoms with E-state index in [1.807, 2.05) is 19.1 Å².